The highest BCUT2D eigenvalue weighted by Crippen LogP contribution is 2.24. The molecule has 0 spiro atoms. The Balaban J connectivity index is 1.97. The number of hydrogen-bond donors (Lipinski definition) is 1. The van der Waals surface area contributed by atoms with Gasteiger partial charge in [0.1, 0.15) is 5.75 Å². The van der Waals surface area contributed by atoms with Crippen molar-refractivity contribution >= 4 is 17.5 Å². The molecule has 2 aromatic carbocycles. The van der Waals surface area contributed by atoms with E-state index in [-0.39, 0.29) is 17.4 Å². The van der Waals surface area contributed by atoms with Crippen LogP contribution in [0.1, 0.15) is 51.8 Å². The van der Waals surface area contributed by atoms with Crippen molar-refractivity contribution in [2.24, 2.45) is 0 Å². The summed E-state index contributed by atoms with van der Waals surface area (Å²) >= 11 is 5.94. The number of rotatable bonds is 5. The van der Waals surface area contributed by atoms with Crippen molar-refractivity contribution in [1.29, 1.82) is 0 Å². The van der Waals surface area contributed by atoms with Gasteiger partial charge in [-0.3, -0.25) is 4.79 Å². The van der Waals surface area contributed by atoms with Gasteiger partial charge in [-0.05, 0) is 48.6 Å². The van der Waals surface area contributed by atoms with Crippen LogP contribution in [-0.4, -0.2) is 12.0 Å². The zero-order valence-corrected chi connectivity index (χ0v) is 16.2. The largest absolute Gasteiger partial charge is 0.481 e. The molecule has 0 aliphatic heterocycles. The van der Waals surface area contributed by atoms with Crippen molar-refractivity contribution in [3.8, 4) is 5.75 Å². The predicted molar refractivity (Wildman–Crippen MR) is 103 cm³/mol. The molecule has 1 N–H and O–H groups in total. The quantitative estimate of drug-likeness (QED) is 0.788. The van der Waals surface area contributed by atoms with Crippen LogP contribution in [0.4, 0.5) is 0 Å². The summed E-state index contributed by atoms with van der Waals surface area (Å²) in [5.74, 6) is 0.421. The highest BCUT2D eigenvalue weighted by atomic mass is 35.5. The van der Waals surface area contributed by atoms with Crippen LogP contribution in [0.2, 0.25) is 5.02 Å². The van der Waals surface area contributed by atoms with Crippen molar-refractivity contribution < 1.29 is 9.53 Å². The van der Waals surface area contributed by atoms with Crippen molar-refractivity contribution in [2.45, 2.75) is 52.2 Å². The molecule has 3 nitrogen and oxygen atoms in total. The van der Waals surface area contributed by atoms with Gasteiger partial charge in [0.2, 0.25) is 0 Å². The second kappa shape index (κ2) is 7.92. The van der Waals surface area contributed by atoms with Gasteiger partial charge in [0.25, 0.3) is 5.91 Å². The van der Waals surface area contributed by atoms with Gasteiger partial charge in [0.05, 0.1) is 6.04 Å². The fraction of sp³-hybridized carbons (Fsp3) is 0.381. The molecule has 0 aliphatic rings. The van der Waals surface area contributed by atoms with E-state index in [0.717, 1.165) is 5.56 Å². The van der Waals surface area contributed by atoms with Gasteiger partial charge in [-0.15, -0.1) is 0 Å². The lowest BCUT2D eigenvalue weighted by Gasteiger charge is -2.22. The Labute approximate surface area is 155 Å². The first-order valence-electron chi connectivity index (χ1n) is 8.50. The summed E-state index contributed by atoms with van der Waals surface area (Å²) in [6.07, 6.45) is -0.602. The molecule has 0 heterocycles. The molecule has 25 heavy (non-hydrogen) atoms. The number of carbonyl (C=O) groups excluding carboxylic acids is 1. The van der Waals surface area contributed by atoms with E-state index in [9.17, 15) is 4.79 Å². The molecule has 0 radical (unpaired) electrons. The molecule has 1 amide bonds. The summed E-state index contributed by atoms with van der Waals surface area (Å²) in [4.78, 5) is 12.4. The molecule has 0 bridgehead atoms. The molecular formula is C21H26ClNO2. The van der Waals surface area contributed by atoms with Gasteiger partial charge >= 0.3 is 0 Å². The van der Waals surface area contributed by atoms with Crippen LogP contribution in [0.25, 0.3) is 0 Å². The summed E-state index contributed by atoms with van der Waals surface area (Å²) < 4.78 is 5.66. The van der Waals surface area contributed by atoms with Gasteiger partial charge in [-0.1, -0.05) is 62.7 Å². The lowest BCUT2D eigenvalue weighted by Crippen LogP contribution is -2.37. The molecule has 134 valence electrons. The summed E-state index contributed by atoms with van der Waals surface area (Å²) in [6, 6.07) is 15.3. The number of amides is 1. The van der Waals surface area contributed by atoms with Crippen LogP contribution in [0, 0.1) is 0 Å². The number of ether oxygens (including phenoxy) is 1. The Kier molecular flexibility index (Phi) is 6.12. The van der Waals surface area contributed by atoms with Crippen LogP contribution >= 0.6 is 11.6 Å². The van der Waals surface area contributed by atoms with E-state index >= 15 is 0 Å². The van der Waals surface area contributed by atoms with Crippen molar-refractivity contribution in [1.82, 2.24) is 5.32 Å². The molecule has 2 rings (SSSR count). The highest BCUT2D eigenvalue weighted by molar-refractivity contribution is 6.30. The summed E-state index contributed by atoms with van der Waals surface area (Å²) in [6.45, 7) is 10.2. The molecule has 0 aromatic heterocycles. The highest BCUT2D eigenvalue weighted by Gasteiger charge is 2.19. The average Bonchev–Trinajstić information content (AvgIpc) is 2.54. The van der Waals surface area contributed by atoms with Crippen LogP contribution in [0.5, 0.6) is 5.75 Å². The molecule has 0 saturated carbocycles. The van der Waals surface area contributed by atoms with E-state index in [1.165, 1.54) is 5.56 Å². The van der Waals surface area contributed by atoms with Gasteiger partial charge in [0.15, 0.2) is 6.10 Å². The smallest absolute Gasteiger partial charge is 0.261 e. The number of nitrogens with one attached hydrogen (secondary N) is 1. The number of carbonyl (C=O) groups is 1. The van der Waals surface area contributed by atoms with E-state index in [2.05, 4.69) is 50.4 Å². The van der Waals surface area contributed by atoms with E-state index in [1.54, 1.807) is 31.2 Å². The minimum atomic E-state index is -0.602. The number of hydrogen-bond acceptors (Lipinski definition) is 2. The zero-order valence-electron chi connectivity index (χ0n) is 15.5. The van der Waals surface area contributed by atoms with Crippen molar-refractivity contribution in [2.75, 3.05) is 0 Å². The predicted octanol–water partition coefficient (Wildman–Crippen LogP) is 5.28. The third-order valence-electron chi connectivity index (χ3n) is 4.11. The monoisotopic (exact) mass is 359 g/mol. The van der Waals surface area contributed by atoms with E-state index in [1.807, 2.05) is 6.92 Å². The fourth-order valence-electron chi connectivity index (χ4n) is 2.48. The maximum Gasteiger partial charge on any atom is 0.261 e. The molecule has 0 fully saturated rings. The van der Waals surface area contributed by atoms with E-state index in [0.29, 0.717) is 10.8 Å². The van der Waals surface area contributed by atoms with Gasteiger partial charge in [0, 0.05) is 5.02 Å². The topological polar surface area (TPSA) is 38.3 Å². The second-order valence-electron chi connectivity index (χ2n) is 7.32. The third kappa shape index (κ3) is 5.50. The molecule has 0 unspecified atom stereocenters. The standard InChI is InChI=1S/C21H26ClNO2/c1-14(16-9-11-17(12-10-16)21(3,4)5)23-20(24)15(2)25-19-8-6-7-18(22)13-19/h6-15H,1-5H3,(H,23,24)/t14-,15-/m1/s1. The van der Waals surface area contributed by atoms with E-state index < -0.39 is 6.10 Å². The Morgan fingerprint density at radius 2 is 1.72 bits per heavy atom. The Morgan fingerprint density at radius 1 is 1.08 bits per heavy atom. The first kappa shape index (κ1) is 19.3. The first-order valence-corrected chi connectivity index (χ1v) is 8.87. The number of benzene rings is 2. The second-order valence-corrected chi connectivity index (χ2v) is 7.76. The van der Waals surface area contributed by atoms with Crippen LogP contribution < -0.4 is 10.1 Å². The molecular weight excluding hydrogens is 334 g/mol. The fourth-order valence-corrected chi connectivity index (χ4v) is 2.66. The van der Waals surface area contributed by atoms with Crippen LogP contribution in [-0.2, 0) is 10.2 Å². The normalized spacial score (nSPS) is 13.8. The first-order chi connectivity index (χ1) is 11.7. The minimum absolute atomic E-state index is 0.0908. The van der Waals surface area contributed by atoms with Crippen molar-refractivity contribution in [3.05, 3.63) is 64.7 Å². The SMILES string of the molecule is C[C@@H](Oc1cccc(Cl)c1)C(=O)N[C@H](C)c1ccc(C(C)(C)C)cc1. The average molecular weight is 360 g/mol. The molecule has 4 heteroatoms. The Hall–Kier alpha value is -2.00. The Bertz CT molecular complexity index is 719. The van der Waals surface area contributed by atoms with Gasteiger partial charge in [-0.2, -0.15) is 0 Å². The zero-order chi connectivity index (χ0) is 18.6. The summed E-state index contributed by atoms with van der Waals surface area (Å²) in [7, 11) is 0. The lowest BCUT2D eigenvalue weighted by molar-refractivity contribution is -0.127. The van der Waals surface area contributed by atoms with Crippen LogP contribution in [0.3, 0.4) is 0 Å². The molecule has 2 aromatic rings. The van der Waals surface area contributed by atoms with Crippen molar-refractivity contribution in [3.63, 3.8) is 0 Å². The van der Waals surface area contributed by atoms with Crippen LogP contribution in [0.15, 0.2) is 48.5 Å². The maximum atomic E-state index is 12.4. The van der Waals surface area contributed by atoms with Gasteiger partial charge < -0.3 is 10.1 Å². The summed E-state index contributed by atoms with van der Waals surface area (Å²) in [5.41, 5.74) is 2.45. The lowest BCUT2D eigenvalue weighted by atomic mass is 9.86. The van der Waals surface area contributed by atoms with E-state index in [4.69, 9.17) is 16.3 Å². The van der Waals surface area contributed by atoms with Gasteiger partial charge in [-0.25, -0.2) is 0 Å². The minimum Gasteiger partial charge on any atom is -0.481 e. The Morgan fingerprint density at radius 3 is 2.28 bits per heavy atom. The molecule has 0 aliphatic carbocycles. The molecule has 0 saturated heterocycles. The summed E-state index contributed by atoms with van der Waals surface area (Å²) in [5, 5.41) is 3.57. The number of halogens is 1. The molecule has 2 atom stereocenters. The third-order valence-corrected chi connectivity index (χ3v) is 4.35. The maximum absolute atomic E-state index is 12.4.